The van der Waals surface area contributed by atoms with Gasteiger partial charge in [-0.15, -0.1) is 45.3 Å². The molecular weight excluding hydrogens is 1790 g/mol. The number of anilines is 4. The van der Waals surface area contributed by atoms with Crippen LogP contribution < -0.4 is 42.5 Å². The Morgan fingerprint density at radius 1 is 0.410 bits per heavy atom. The van der Waals surface area contributed by atoms with Gasteiger partial charge in [-0.3, -0.25) is 38.4 Å². The van der Waals surface area contributed by atoms with Crippen LogP contribution in [0.3, 0.4) is 0 Å². The van der Waals surface area contributed by atoms with E-state index in [1.165, 1.54) is 59.7 Å². The van der Waals surface area contributed by atoms with Gasteiger partial charge in [-0.2, -0.15) is 0 Å². The summed E-state index contributed by atoms with van der Waals surface area (Å²) in [6, 6.07) is 6.92. The summed E-state index contributed by atoms with van der Waals surface area (Å²) >= 11 is 4.63. The minimum atomic E-state index is -2.98. The number of alkyl halides is 2. The molecule has 12 heterocycles. The molecule has 14 rings (SSSR count). The van der Waals surface area contributed by atoms with Gasteiger partial charge in [0.05, 0.1) is 61.0 Å². The van der Waals surface area contributed by atoms with Crippen LogP contribution in [0.5, 0.6) is 0 Å². The molecule has 8 aromatic heterocycles. The number of aryl methyl sites for hydroxylation is 4. The normalized spacial score (nSPS) is 18.9. The number of nitrogens with zero attached hydrogens (tertiary/aromatic N) is 12. The summed E-state index contributed by atoms with van der Waals surface area (Å²) in [7, 11) is 1.56. The first kappa shape index (κ1) is 104. The predicted molar refractivity (Wildman–Crippen MR) is 526 cm³/mol. The molecule has 8 aromatic rings. The number of rotatable bonds is 27. The van der Waals surface area contributed by atoms with Crippen LogP contribution in [0, 0.1) is 39.5 Å². The highest BCUT2D eigenvalue weighted by atomic mass is 32.1. The maximum Gasteiger partial charge on any atom is 0.280 e. The van der Waals surface area contributed by atoms with Gasteiger partial charge in [-0.25, -0.2) is 48.7 Å². The van der Waals surface area contributed by atoms with Gasteiger partial charge in [0.2, 0.25) is 0 Å². The SMILES string of the molecule is CNC(=O)c1nc(C(=O)N2CCC[C@@H]2C)c(-c2cnc(NC(C)(C)C)cc2C)s1.Cc1cc(NC(C)C)ncc1-c1sc(C(=O)N[C@H](C)C(C)(C)O)nc1C(=O)N1CCC[C@@H]1C.Cc1cc(N[C@H](C)C2CC2)ncc1-c1sc(C(=O)N[C@@H](C)C(C)(C)O)nc1C(=O)N1CC(F)(F)C[C@@H]1C.Cc1cc(N[C@H](C)C2CC2)ncc1-c1sc(C(=O)N[C@@H](C)C(C)(C)O)nc1C(=O)N1CCC[C@@H]1C. The van der Waals surface area contributed by atoms with E-state index in [9.17, 15) is 62.5 Å². The number of aliphatic hydroxyl groups is 3. The first-order chi connectivity index (χ1) is 62.6. The highest BCUT2D eigenvalue weighted by molar-refractivity contribution is 7.18. The second-order valence-electron chi connectivity index (χ2n) is 40.0. The number of thiazole rings is 4. The molecule has 0 unspecified atom stereocenters. The molecule has 2 aliphatic carbocycles. The van der Waals surface area contributed by atoms with E-state index in [1.54, 1.807) is 101 Å². The van der Waals surface area contributed by atoms with E-state index in [1.807, 2.05) is 94.4 Å². The lowest BCUT2D eigenvalue weighted by Crippen LogP contribution is -2.47. The molecule has 0 radical (unpaired) electrons. The van der Waals surface area contributed by atoms with E-state index in [2.05, 4.69) is 124 Å². The van der Waals surface area contributed by atoms with Crippen molar-refractivity contribution in [2.24, 2.45) is 11.8 Å². The zero-order chi connectivity index (χ0) is 98.6. The van der Waals surface area contributed by atoms with Crippen molar-refractivity contribution >= 4 is 116 Å². The number of likely N-dealkylation sites (tertiary alicyclic amines) is 4. The molecule has 4 saturated heterocycles. The summed E-state index contributed by atoms with van der Waals surface area (Å²) in [4.78, 5) is 150. The molecule has 728 valence electrons. The molecule has 0 aromatic carbocycles. The van der Waals surface area contributed by atoms with Crippen LogP contribution in [0.1, 0.15) is 313 Å². The fraction of sp³-hybridized carbons (Fsp3) is 0.588. The molecule has 6 aliphatic rings. The molecule has 11 N–H and O–H groups in total. The zero-order valence-corrected chi connectivity index (χ0v) is 85.3. The molecule has 134 heavy (non-hydrogen) atoms. The Balaban J connectivity index is 0.000000173. The van der Waals surface area contributed by atoms with E-state index in [0.717, 1.165) is 118 Å². The van der Waals surface area contributed by atoms with Gasteiger partial charge in [-0.05, 0) is 289 Å². The van der Waals surface area contributed by atoms with Crippen LogP contribution in [-0.4, -0.2) is 244 Å². The first-order valence-electron chi connectivity index (χ1n) is 46.5. The number of aromatic nitrogens is 8. The number of pyridine rings is 4. The Labute approximate surface area is 801 Å². The van der Waals surface area contributed by atoms with Crippen molar-refractivity contribution in [3.63, 3.8) is 0 Å². The van der Waals surface area contributed by atoms with Crippen molar-refractivity contribution in [2.45, 2.75) is 325 Å². The molecule has 37 heteroatoms. The van der Waals surface area contributed by atoms with Gasteiger partial charge in [0.15, 0.2) is 20.0 Å². The molecule has 4 aliphatic heterocycles. The van der Waals surface area contributed by atoms with Crippen LogP contribution in [-0.2, 0) is 0 Å². The fourth-order valence-electron chi connectivity index (χ4n) is 16.0. The smallest absolute Gasteiger partial charge is 0.280 e. The molecule has 31 nitrogen and oxygen atoms in total. The number of halogens is 2. The van der Waals surface area contributed by atoms with Gasteiger partial charge in [0.1, 0.15) is 46.0 Å². The predicted octanol–water partition coefficient (Wildman–Crippen LogP) is 16.3. The van der Waals surface area contributed by atoms with Crippen LogP contribution in [0.15, 0.2) is 49.1 Å². The third-order valence-corrected chi connectivity index (χ3v) is 29.9. The third-order valence-electron chi connectivity index (χ3n) is 25.5. The minimum Gasteiger partial charge on any atom is -0.388 e. The Morgan fingerprint density at radius 2 is 0.687 bits per heavy atom. The fourth-order valence-corrected chi connectivity index (χ4v) is 20.2. The lowest BCUT2D eigenvalue weighted by atomic mass is 10.0. The first-order valence-corrected chi connectivity index (χ1v) is 49.8. The number of carbonyl (C=O) groups is 8. The molecule has 9 atom stereocenters. The van der Waals surface area contributed by atoms with Gasteiger partial charge in [0.25, 0.3) is 53.2 Å². The maximum atomic E-state index is 14.1. The Morgan fingerprint density at radius 3 is 0.925 bits per heavy atom. The summed E-state index contributed by atoms with van der Waals surface area (Å²) in [6.45, 7) is 46.4. The van der Waals surface area contributed by atoms with Crippen molar-refractivity contribution in [1.29, 1.82) is 0 Å². The summed E-state index contributed by atoms with van der Waals surface area (Å²) in [5.41, 5.74) is 4.14. The second kappa shape index (κ2) is 42.6. The van der Waals surface area contributed by atoms with E-state index < -0.39 is 83.5 Å². The number of carbonyl (C=O) groups excluding carboxylic acids is 8. The summed E-state index contributed by atoms with van der Waals surface area (Å²) in [5, 5.41) is 55.8. The lowest BCUT2D eigenvalue weighted by molar-refractivity contribution is 0.0117. The van der Waals surface area contributed by atoms with E-state index >= 15 is 0 Å². The second-order valence-corrected chi connectivity index (χ2v) is 44.0. The maximum absolute atomic E-state index is 14.1. The Kier molecular flexibility index (Phi) is 33.2. The zero-order valence-electron chi connectivity index (χ0n) is 82.0. The molecule has 0 bridgehead atoms. The average Bonchev–Trinajstić information content (AvgIpc) is 1.64. The van der Waals surface area contributed by atoms with E-state index in [-0.39, 0.29) is 84.8 Å². The van der Waals surface area contributed by atoms with Gasteiger partial charge < -0.3 is 77.5 Å². The topological polar surface area (TPSA) is 410 Å². The monoisotopic (exact) mass is 1920 g/mol. The highest BCUT2D eigenvalue weighted by Gasteiger charge is 2.47. The molecule has 2 saturated carbocycles. The van der Waals surface area contributed by atoms with E-state index in [0.29, 0.717) is 79.3 Å². The molecule has 0 spiro atoms. The Bertz CT molecular complexity index is 5600. The molecular formula is C97H136F2N20O11S4. The van der Waals surface area contributed by atoms with E-state index in [4.69, 9.17) is 0 Å². The number of amides is 8. The summed E-state index contributed by atoms with van der Waals surface area (Å²) < 4.78 is 28.2. The number of hydrogen-bond donors (Lipinski definition) is 11. The van der Waals surface area contributed by atoms with Crippen molar-refractivity contribution in [3.05, 3.63) is 114 Å². The number of hydrogen-bond acceptors (Lipinski definition) is 27. The highest BCUT2D eigenvalue weighted by Crippen LogP contribution is 2.44. The van der Waals surface area contributed by atoms with Gasteiger partial charge >= 0.3 is 0 Å². The quantitative estimate of drug-likeness (QED) is 0.0228. The van der Waals surface area contributed by atoms with Gasteiger partial charge in [-0.1, -0.05) is 0 Å². The van der Waals surface area contributed by atoms with Crippen LogP contribution in [0.25, 0.3) is 41.8 Å². The van der Waals surface area contributed by atoms with Crippen molar-refractivity contribution in [2.75, 3.05) is 54.5 Å². The summed E-state index contributed by atoms with van der Waals surface area (Å²) in [5.74, 6) is -1.31. The van der Waals surface area contributed by atoms with Crippen LogP contribution in [0.2, 0.25) is 0 Å². The Hall–Kier alpha value is -10.2. The van der Waals surface area contributed by atoms with Crippen LogP contribution in [0.4, 0.5) is 32.1 Å². The molecule has 8 amide bonds. The largest absolute Gasteiger partial charge is 0.388 e. The third kappa shape index (κ3) is 26.1. The minimum absolute atomic E-state index is 0.0111. The average molecular weight is 1920 g/mol. The molecule has 6 fully saturated rings. The number of nitrogens with one attached hydrogen (secondary N) is 8. The van der Waals surface area contributed by atoms with Gasteiger partial charge in [0, 0.05) is 128 Å². The standard InChI is InChI=1S/C26H35F2N5O3S.C26H37N5O3S.C24H35N5O3S.C21H29N5O2S/c1-13-9-19(30-15(3)17-7-8-17)29-11-18(13)21-20(24(35)33-12-26(27,28)10-14(33)2)32-23(37-21)22(34)31-16(4)25(5,6)36;1-14-12-20(28-16(3)18-9-10-18)27-13-19(14)22-21(25(33)31-11-7-8-15(31)2)30-24(35-22)23(32)29-17(4)26(5,6)34;1-13(2)26-18-11-14(3)17(12-25-18)20-19(23(31)29-10-8-9-15(29)4)28-22(33-20)21(30)27-16(5)24(6,7)32;1-12-10-15(25-21(3,4)5)23-11-14(12)17-16(24-19(29-17)18(27)22-6)20(28)26-9-7-8-13(26)2/h9,11,14-17,36H,7-8,10,12H2,1-6H3,(H,29,30)(H,31,34);12-13,15-18,34H,7-11H2,1-6H3,(H,27,28)(H,29,32);11-13,15-16,32H,8-10H2,1-7H3,(H,25,26)(H,27,30);10-11,13H,7-9H2,1-6H3,(H,22,27)(H,23,25)/t14-,15+,16-;15-,16+,17-;15-,16+;13-/m0000/s1. The van der Waals surface area contributed by atoms with Crippen LogP contribution >= 0.6 is 45.3 Å². The van der Waals surface area contributed by atoms with Crippen molar-refractivity contribution < 1.29 is 62.5 Å². The van der Waals surface area contributed by atoms with Crippen molar-refractivity contribution in [3.8, 4) is 41.8 Å². The summed E-state index contributed by atoms with van der Waals surface area (Å²) in [6.07, 6.45) is 17.2. The van der Waals surface area contributed by atoms with Crippen molar-refractivity contribution in [1.82, 2.24) is 80.7 Å². The lowest BCUT2D eigenvalue weighted by Gasteiger charge is -2.26.